The Kier molecular flexibility index (Phi) is 3.53. The first kappa shape index (κ1) is 10.6. The van der Waals surface area contributed by atoms with Crippen LogP contribution < -0.4 is 5.73 Å². The van der Waals surface area contributed by atoms with Crippen LogP contribution in [0.2, 0.25) is 0 Å². The predicted octanol–water partition coefficient (Wildman–Crippen LogP) is 0.962. The summed E-state index contributed by atoms with van der Waals surface area (Å²) in [6.07, 6.45) is 0. The molecule has 0 bridgehead atoms. The number of carboxylic acid groups (broad SMARTS) is 1. The minimum atomic E-state index is -1.00. The fraction of sp³-hybridized carbons (Fsp3) is 0.111. The molecule has 1 amide bonds. The van der Waals surface area contributed by atoms with Crippen molar-refractivity contribution in [3.63, 3.8) is 0 Å². The number of amides is 1. The van der Waals surface area contributed by atoms with Gasteiger partial charge in [-0.15, -0.1) is 11.8 Å². The summed E-state index contributed by atoms with van der Waals surface area (Å²) in [6, 6.07) is 6.50. The monoisotopic (exact) mass is 211 g/mol. The molecule has 0 radical (unpaired) electrons. The number of carbonyl (C=O) groups excluding carboxylic acids is 1. The number of primary amides is 1. The van der Waals surface area contributed by atoms with Crippen molar-refractivity contribution in [2.75, 3.05) is 5.75 Å². The zero-order valence-electron chi connectivity index (χ0n) is 7.27. The second-order valence-electron chi connectivity index (χ2n) is 2.56. The van der Waals surface area contributed by atoms with E-state index in [4.69, 9.17) is 10.8 Å². The van der Waals surface area contributed by atoms with Gasteiger partial charge in [0.15, 0.2) is 0 Å². The number of rotatable bonds is 4. The van der Waals surface area contributed by atoms with Gasteiger partial charge < -0.3 is 10.8 Å². The van der Waals surface area contributed by atoms with Gasteiger partial charge in [0.2, 0.25) is 5.91 Å². The Balaban J connectivity index is 2.84. The van der Waals surface area contributed by atoms with Gasteiger partial charge in [-0.25, -0.2) is 4.79 Å². The number of nitrogens with two attached hydrogens (primary N) is 1. The third-order valence-electron chi connectivity index (χ3n) is 1.49. The van der Waals surface area contributed by atoms with E-state index in [9.17, 15) is 9.59 Å². The number of thioether (sulfide) groups is 1. The van der Waals surface area contributed by atoms with E-state index >= 15 is 0 Å². The summed E-state index contributed by atoms with van der Waals surface area (Å²) in [7, 11) is 0. The third kappa shape index (κ3) is 2.77. The van der Waals surface area contributed by atoms with E-state index < -0.39 is 11.9 Å². The van der Waals surface area contributed by atoms with Gasteiger partial charge in [0.25, 0.3) is 0 Å². The van der Waals surface area contributed by atoms with E-state index in [1.54, 1.807) is 18.2 Å². The lowest BCUT2D eigenvalue weighted by atomic mass is 10.2. The van der Waals surface area contributed by atoms with Crippen molar-refractivity contribution < 1.29 is 14.7 Å². The molecule has 3 N–H and O–H groups in total. The van der Waals surface area contributed by atoms with Crippen LogP contribution in [-0.4, -0.2) is 22.7 Å². The summed E-state index contributed by atoms with van der Waals surface area (Å²) in [5.74, 6) is -1.38. The maximum absolute atomic E-state index is 10.7. The zero-order valence-corrected chi connectivity index (χ0v) is 8.08. The van der Waals surface area contributed by atoms with Crippen LogP contribution in [0.4, 0.5) is 0 Å². The van der Waals surface area contributed by atoms with Crippen LogP contribution in [0.15, 0.2) is 29.2 Å². The smallest absolute Gasteiger partial charge is 0.336 e. The first-order valence-corrected chi connectivity index (χ1v) is 4.83. The van der Waals surface area contributed by atoms with E-state index in [1.807, 2.05) is 0 Å². The minimum Gasteiger partial charge on any atom is -0.478 e. The molecule has 0 heterocycles. The maximum atomic E-state index is 10.7. The fourth-order valence-corrected chi connectivity index (χ4v) is 1.70. The molecule has 0 aromatic heterocycles. The second-order valence-corrected chi connectivity index (χ2v) is 3.57. The van der Waals surface area contributed by atoms with Crippen molar-refractivity contribution in [1.82, 2.24) is 0 Å². The lowest BCUT2D eigenvalue weighted by molar-refractivity contribution is -0.115. The van der Waals surface area contributed by atoms with Gasteiger partial charge in [-0.05, 0) is 12.1 Å². The fourth-order valence-electron chi connectivity index (χ4n) is 0.918. The summed E-state index contributed by atoms with van der Waals surface area (Å²) < 4.78 is 0. The number of carbonyl (C=O) groups is 2. The Bertz CT molecular complexity index is 365. The Morgan fingerprint density at radius 3 is 2.57 bits per heavy atom. The summed E-state index contributed by atoms with van der Waals surface area (Å²) in [4.78, 5) is 21.8. The van der Waals surface area contributed by atoms with E-state index in [1.165, 1.54) is 6.07 Å². The van der Waals surface area contributed by atoms with Gasteiger partial charge in [-0.1, -0.05) is 12.1 Å². The molecule has 0 fully saturated rings. The van der Waals surface area contributed by atoms with Crippen molar-refractivity contribution in [3.05, 3.63) is 29.8 Å². The van der Waals surface area contributed by atoms with Crippen molar-refractivity contribution in [2.24, 2.45) is 5.73 Å². The number of hydrogen-bond donors (Lipinski definition) is 2. The van der Waals surface area contributed by atoms with Crippen LogP contribution in [0.25, 0.3) is 0 Å². The van der Waals surface area contributed by atoms with Crippen molar-refractivity contribution in [2.45, 2.75) is 4.90 Å². The third-order valence-corrected chi connectivity index (χ3v) is 2.58. The van der Waals surface area contributed by atoms with E-state index in [0.717, 1.165) is 11.8 Å². The second kappa shape index (κ2) is 4.66. The number of hydrogen-bond acceptors (Lipinski definition) is 3. The van der Waals surface area contributed by atoms with Crippen molar-refractivity contribution in [3.8, 4) is 0 Å². The molecule has 5 heteroatoms. The highest BCUT2D eigenvalue weighted by Crippen LogP contribution is 2.21. The Hall–Kier alpha value is -1.49. The number of aromatic carboxylic acids is 1. The number of benzene rings is 1. The summed E-state index contributed by atoms with van der Waals surface area (Å²) in [5, 5.41) is 8.80. The van der Waals surface area contributed by atoms with Crippen LogP contribution in [0.5, 0.6) is 0 Å². The maximum Gasteiger partial charge on any atom is 0.336 e. The molecule has 4 nitrogen and oxygen atoms in total. The average molecular weight is 211 g/mol. The Labute approximate surface area is 85.1 Å². The minimum absolute atomic E-state index is 0.0876. The molecule has 74 valence electrons. The predicted molar refractivity (Wildman–Crippen MR) is 53.3 cm³/mol. The summed E-state index contributed by atoms with van der Waals surface area (Å²) in [5.41, 5.74) is 5.15. The van der Waals surface area contributed by atoms with Crippen molar-refractivity contribution in [1.29, 1.82) is 0 Å². The van der Waals surface area contributed by atoms with Gasteiger partial charge in [0, 0.05) is 4.90 Å². The van der Waals surface area contributed by atoms with Crippen LogP contribution >= 0.6 is 11.8 Å². The van der Waals surface area contributed by atoms with E-state index in [2.05, 4.69) is 0 Å². The van der Waals surface area contributed by atoms with E-state index in [-0.39, 0.29) is 11.3 Å². The molecular weight excluding hydrogens is 202 g/mol. The SMILES string of the molecule is NC(=O)CSc1ccccc1C(=O)O. The molecule has 14 heavy (non-hydrogen) atoms. The molecule has 1 aromatic rings. The first-order chi connectivity index (χ1) is 6.61. The lowest BCUT2D eigenvalue weighted by Crippen LogP contribution is -2.13. The largest absolute Gasteiger partial charge is 0.478 e. The number of carboxylic acids is 1. The van der Waals surface area contributed by atoms with E-state index in [0.29, 0.717) is 4.90 Å². The van der Waals surface area contributed by atoms with Crippen LogP contribution in [0, 0.1) is 0 Å². The standard InChI is InChI=1S/C9H9NO3S/c10-8(11)5-14-7-4-2-1-3-6(7)9(12)13/h1-4H,5H2,(H2,10,11)(H,12,13). The summed E-state index contributed by atoms with van der Waals surface area (Å²) in [6.45, 7) is 0. The molecule has 0 aliphatic heterocycles. The van der Waals surface area contributed by atoms with Gasteiger partial charge >= 0.3 is 5.97 Å². The van der Waals surface area contributed by atoms with Gasteiger partial charge in [-0.2, -0.15) is 0 Å². The van der Waals surface area contributed by atoms with Gasteiger partial charge in [0.05, 0.1) is 11.3 Å². The van der Waals surface area contributed by atoms with Crippen molar-refractivity contribution >= 4 is 23.6 Å². The highest BCUT2D eigenvalue weighted by Gasteiger charge is 2.09. The Morgan fingerprint density at radius 2 is 2.00 bits per heavy atom. The summed E-state index contributed by atoms with van der Waals surface area (Å²) >= 11 is 1.13. The highest BCUT2D eigenvalue weighted by atomic mass is 32.2. The Morgan fingerprint density at radius 1 is 1.36 bits per heavy atom. The molecule has 0 unspecified atom stereocenters. The molecule has 1 aromatic carbocycles. The lowest BCUT2D eigenvalue weighted by Gasteiger charge is -2.02. The topological polar surface area (TPSA) is 80.4 Å². The van der Waals surface area contributed by atoms with Gasteiger partial charge in [-0.3, -0.25) is 4.79 Å². The average Bonchev–Trinajstić information content (AvgIpc) is 2.15. The van der Waals surface area contributed by atoms with Crippen LogP contribution in [-0.2, 0) is 4.79 Å². The molecule has 0 saturated carbocycles. The van der Waals surface area contributed by atoms with Gasteiger partial charge in [0.1, 0.15) is 0 Å². The molecule has 1 rings (SSSR count). The highest BCUT2D eigenvalue weighted by molar-refractivity contribution is 8.00. The zero-order chi connectivity index (χ0) is 10.6. The quantitative estimate of drug-likeness (QED) is 0.727. The van der Waals surface area contributed by atoms with Crippen LogP contribution in [0.1, 0.15) is 10.4 Å². The molecule has 0 atom stereocenters. The molecule has 0 saturated heterocycles. The molecule has 0 spiro atoms. The molecular formula is C9H9NO3S. The normalized spacial score (nSPS) is 9.71. The molecule has 0 aliphatic carbocycles. The molecule has 0 aliphatic rings. The van der Waals surface area contributed by atoms with Crippen LogP contribution in [0.3, 0.4) is 0 Å². The first-order valence-electron chi connectivity index (χ1n) is 3.84.